The van der Waals surface area contributed by atoms with Crippen LogP contribution in [0.3, 0.4) is 0 Å². The molecule has 3 heteroatoms. The van der Waals surface area contributed by atoms with E-state index < -0.39 is 0 Å². The number of hydrogen-bond donors (Lipinski definition) is 1. The second-order valence-electron chi connectivity index (χ2n) is 4.79. The highest BCUT2D eigenvalue weighted by molar-refractivity contribution is 7.95. The smallest absolute Gasteiger partial charge is 0.155 e. The Bertz CT molecular complexity index is 572. The summed E-state index contributed by atoms with van der Waals surface area (Å²) < 4.78 is 5.23. The van der Waals surface area contributed by atoms with Gasteiger partial charge in [-0.1, -0.05) is 24.3 Å². The van der Waals surface area contributed by atoms with Gasteiger partial charge in [0.2, 0.25) is 0 Å². The zero-order valence-electron chi connectivity index (χ0n) is 13.7. The Morgan fingerprint density at radius 3 is 2.23 bits per heavy atom. The maximum atomic E-state index is 9.28. The van der Waals surface area contributed by atoms with Gasteiger partial charge in [-0.05, 0) is 50.2 Å². The van der Waals surface area contributed by atoms with Crippen LogP contribution in [0.1, 0.15) is 19.4 Å². The van der Waals surface area contributed by atoms with Gasteiger partial charge in [0.15, 0.2) is 4.90 Å². The third-order valence-corrected chi connectivity index (χ3v) is 4.93. The van der Waals surface area contributed by atoms with E-state index in [4.69, 9.17) is 4.74 Å². The summed E-state index contributed by atoms with van der Waals surface area (Å²) >= 11 is 0. The number of methoxy groups -OCH3 is 1. The van der Waals surface area contributed by atoms with Crippen molar-refractivity contribution in [1.29, 1.82) is 0 Å². The number of phenolic OH excluding ortho intramolecular Hbond substituents is 1. The Kier molecular flexibility index (Phi) is 8.23. The van der Waals surface area contributed by atoms with Crippen LogP contribution in [-0.4, -0.2) is 18.5 Å². The monoisotopic (exact) mass is 317 g/mol. The van der Waals surface area contributed by atoms with Crippen molar-refractivity contribution in [3.63, 3.8) is 0 Å². The van der Waals surface area contributed by atoms with Crippen molar-refractivity contribution in [3.8, 4) is 11.5 Å². The number of ether oxygens (including phenoxy) is 1. The number of hydrogen-bond acceptors (Lipinski definition) is 2. The molecule has 0 aliphatic rings. The molecule has 0 aromatic heterocycles. The summed E-state index contributed by atoms with van der Waals surface area (Å²) in [5, 5.41) is 9.28. The molecule has 2 aromatic rings. The van der Waals surface area contributed by atoms with Crippen molar-refractivity contribution in [1.82, 2.24) is 0 Å². The Labute approximate surface area is 136 Å². The average Bonchev–Trinajstić information content (AvgIpc) is 2.55. The highest BCUT2D eigenvalue weighted by Crippen LogP contribution is 2.21. The summed E-state index contributed by atoms with van der Waals surface area (Å²) in [5.74, 6) is 2.20. The summed E-state index contributed by atoms with van der Waals surface area (Å²) in [6, 6.07) is 15.6. The molecule has 22 heavy (non-hydrogen) atoms. The lowest BCUT2D eigenvalue weighted by Crippen LogP contribution is -2.03. The first-order valence-electron chi connectivity index (χ1n) is 7.22. The van der Waals surface area contributed by atoms with E-state index in [2.05, 4.69) is 18.4 Å². The largest absolute Gasteiger partial charge is 0.508 e. The van der Waals surface area contributed by atoms with Crippen LogP contribution in [0, 0.1) is 0 Å². The lowest BCUT2D eigenvalue weighted by atomic mass is 10.2. The first-order valence-corrected chi connectivity index (χ1v) is 9.02. The van der Waals surface area contributed by atoms with Crippen LogP contribution in [0.5, 0.6) is 11.5 Å². The summed E-state index contributed by atoms with van der Waals surface area (Å²) in [5.41, 5.74) is 1.27. The fourth-order valence-electron chi connectivity index (χ4n) is 1.77. The van der Waals surface area contributed by atoms with Crippen LogP contribution < -0.4 is 4.74 Å². The fraction of sp³-hybridized carbons (Fsp3) is 0.263. The molecule has 0 heterocycles. The first kappa shape index (κ1) is 18.2. The highest BCUT2D eigenvalue weighted by atomic mass is 32.2. The van der Waals surface area contributed by atoms with Crippen molar-refractivity contribution in [2.75, 3.05) is 13.4 Å². The molecule has 0 saturated carbocycles. The van der Waals surface area contributed by atoms with Crippen molar-refractivity contribution in [2.45, 2.75) is 24.5 Å². The maximum Gasteiger partial charge on any atom is 0.155 e. The van der Waals surface area contributed by atoms with Gasteiger partial charge in [0, 0.05) is 16.5 Å². The SMILES string of the molecule is C/C=C/C.COc1cccc(C[S+](C)c2ccc(O)cc2)c1. The molecule has 0 radical (unpaired) electrons. The zero-order chi connectivity index (χ0) is 16.4. The van der Waals surface area contributed by atoms with Gasteiger partial charge in [0.05, 0.1) is 7.11 Å². The highest BCUT2D eigenvalue weighted by Gasteiger charge is 2.16. The van der Waals surface area contributed by atoms with Gasteiger partial charge in [0.1, 0.15) is 23.5 Å². The summed E-state index contributed by atoms with van der Waals surface area (Å²) in [6.07, 6.45) is 6.21. The second-order valence-corrected chi connectivity index (χ2v) is 6.83. The molecule has 0 aliphatic carbocycles. The Morgan fingerprint density at radius 1 is 1.05 bits per heavy atom. The molecule has 0 amide bonds. The van der Waals surface area contributed by atoms with Crippen LogP contribution in [-0.2, 0) is 16.6 Å². The molecule has 2 rings (SSSR count). The third-order valence-electron chi connectivity index (χ3n) is 3.09. The molecule has 1 atom stereocenters. The van der Waals surface area contributed by atoms with Crippen LogP contribution in [0.4, 0.5) is 0 Å². The van der Waals surface area contributed by atoms with E-state index in [0.29, 0.717) is 5.75 Å². The van der Waals surface area contributed by atoms with E-state index in [-0.39, 0.29) is 10.9 Å². The van der Waals surface area contributed by atoms with Crippen molar-refractivity contribution in [2.24, 2.45) is 0 Å². The Balaban J connectivity index is 0.000000541. The van der Waals surface area contributed by atoms with Gasteiger partial charge in [-0.25, -0.2) is 0 Å². The van der Waals surface area contributed by atoms with Gasteiger partial charge < -0.3 is 9.84 Å². The second kappa shape index (κ2) is 9.96. The van der Waals surface area contributed by atoms with Crippen LogP contribution in [0.15, 0.2) is 65.6 Å². The number of phenols is 1. The Morgan fingerprint density at radius 2 is 1.68 bits per heavy atom. The Hall–Kier alpha value is -1.87. The molecular formula is C19H25O2S+. The lowest BCUT2D eigenvalue weighted by molar-refractivity contribution is 0.414. The summed E-state index contributed by atoms with van der Waals surface area (Å²) in [4.78, 5) is 1.26. The van der Waals surface area contributed by atoms with E-state index in [1.54, 1.807) is 19.2 Å². The van der Waals surface area contributed by atoms with Crippen LogP contribution in [0.2, 0.25) is 0 Å². The normalized spacial score (nSPS) is 11.6. The molecule has 0 saturated heterocycles. The molecule has 118 valence electrons. The average molecular weight is 317 g/mol. The van der Waals surface area contributed by atoms with E-state index in [9.17, 15) is 5.11 Å². The predicted octanol–water partition coefficient (Wildman–Crippen LogP) is 4.79. The van der Waals surface area contributed by atoms with Crippen molar-refractivity contribution < 1.29 is 9.84 Å². The fourth-order valence-corrected chi connectivity index (χ4v) is 3.22. The molecule has 1 unspecified atom stereocenters. The summed E-state index contributed by atoms with van der Waals surface area (Å²) in [6.45, 7) is 4.00. The van der Waals surface area contributed by atoms with E-state index >= 15 is 0 Å². The molecule has 0 spiro atoms. The van der Waals surface area contributed by atoms with E-state index in [0.717, 1.165) is 11.5 Å². The molecule has 1 N–H and O–H groups in total. The van der Waals surface area contributed by atoms with Crippen molar-refractivity contribution >= 4 is 10.9 Å². The zero-order valence-corrected chi connectivity index (χ0v) is 14.6. The number of allylic oxidation sites excluding steroid dienone is 2. The minimum absolute atomic E-state index is 0.130. The number of benzene rings is 2. The molecule has 2 nitrogen and oxygen atoms in total. The molecule has 0 bridgehead atoms. The minimum Gasteiger partial charge on any atom is -0.508 e. The third kappa shape index (κ3) is 6.27. The quantitative estimate of drug-likeness (QED) is 0.649. The maximum absolute atomic E-state index is 9.28. The number of aromatic hydroxyl groups is 1. The van der Waals surface area contributed by atoms with Crippen LogP contribution >= 0.6 is 0 Å². The van der Waals surface area contributed by atoms with Gasteiger partial charge in [0.25, 0.3) is 0 Å². The lowest BCUT2D eigenvalue weighted by Gasteiger charge is -2.05. The van der Waals surface area contributed by atoms with Crippen molar-refractivity contribution in [3.05, 3.63) is 66.2 Å². The molecule has 0 fully saturated rings. The van der Waals surface area contributed by atoms with Gasteiger partial charge in [-0.3, -0.25) is 0 Å². The molecule has 0 aliphatic heterocycles. The summed E-state index contributed by atoms with van der Waals surface area (Å²) in [7, 11) is 1.82. The van der Waals surface area contributed by atoms with Gasteiger partial charge >= 0.3 is 0 Å². The predicted molar refractivity (Wildman–Crippen MR) is 96.8 cm³/mol. The van der Waals surface area contributed by atoms with E-state index in [1.807, 2.05) is 50.3 Å². The molecule has 2 aromatic carbocycles. The minimum atomic E-state index is 0.130. The van der Waals surface area contributed by atoms with E-state index in [1.165, 1.54) is 10.5 Å². The standard InChI is InChI=1S/C15H16O2S.C4H8/c1-17-14-5-3-4-12(10-14)11-18(2)15-8-6-13(16)7-9-15;1-3-4-2/h3-10H,11H2,1-2H3;3-4H,1-2H3/p+1/b;4-3+. The number of rotatable bonds is 4. The molecular weight excluding hydrogens is 292 g/mol. The first-order chi connectivity index (χ1) is 10.6. The van der Waals surface area contributed by atoms with Gasteiger partial charge in [-0.2, -0.15) is 0 Å². The van der Waals surface area contributed by atoms with Gasteiger partial charge in [-0.15, -0.1) is 0 Å². The van der Waals surface area contributed by atoms with Crippen LogP contribution in [0.25, 0.3) is 0 Å². The topological polar surface area (TPSA) is 29.5 Å².